The number of hydrogen-bond acceptors (Lipinski definition) is 2. The highest BCUT2D eigenvalue weighted by Gasteiger charge is 2.24. The molecule has 27 heavy (non-hydrogen) atoms. The summed E-state index contributed by atoms with van der Waals surface area (Å²) in [5.74, 6) is 0.384. The Kier molecular flexibility index (Phi) is 12.6. The van der Waals surface area contributed by atoms with Gasteiger partial charge in [-0.3, -0.25) is 0 Å². The molecule has 2 N–H and O–H groups in total. The number of carbonyl (C=O) groups is 1. The van der Waals surface area contributed by atoms with Gasteiger partial charge in [0.05, 0.1) is 0 Å². The van der Waals surface area contributed by atoms with E-state index in [0.29, 0.717) is 24.7 Å². The second-order valence-electron chi connectivity index (χ2n) is 6.25. The van der Waals surface area contributed by atoms with Crippen LogP contribution in [0.5, 0.6) is 0 Å². The summed E-state index contributed by atoms with van der Waals surface area (Å²) in [5.41, 5.74) is 3.87. The molecule has 150 valence electrons. The van der Waals surface area contributed by atoms with Gasteiger partial charge in [0, 0.05) is 18.8 Å². The maximum absolute atomic E-state index is 12.4. The lowest BCUT2D eigenvalue weighted by molar-refractivity contribution is 0.214. The fourth-order valence-electron chi connectivity index (χ4n) is 2.57. The minimum absolute atomic E-state index is 0.143. The summed E-state index contributed by atoms with van der Waals surface area (Å²) in [5, 5.41) is 5.97. The van der Waals surface area contributed by atoms with Crippen LogP contribution in [0.2, 0.25) is 0 Å². The molecule has 1 atom stereocenters. The van der Waals surface area contributed by atoms with Crippen LogP contribution < -0.4 is 10.6 Å². The first-order valence-electron chi connectivity index (χ1n) is 9.66. The highest BCUT2D eigenvalue weighted by molar-refractivity contribution is 5.78. The Bertz CT molecular complexity index is 611. The van der Waals surface area contributed by atoms with Crippen LogP contribution in [0.15, 0.2) is 72.5 Å². The van der Waals surface area contributed by atoms with E-state index in [1.807, 2.05) is 52.1 Å². The molecule has 0 saturated carbocycles. The quantitative estimate of drug-likeness (QED) is 0.592. The number of nitrogens with zero attached hydrogens (tertiary/aromatic N) is 1. The third kappa shape index (κ3) is 8.74. The van der Waals surface area contributed by atoms with Gasteiger partial charge in [-0.1, -0.05) is 70.4 Å². The summed E-state index contributed by atoms with van der Waals surface area (Å²) in [7, 11) is 1.94. The van der Waals surface area contributed by atoms with Crippen molar-refractivity contribution in [3.63, 3.8) is 0 Å². The summed E-state index contributed by atoms with van der Waals surface area (Å²) in [6, 6.07) is -0.143. The van der Waals surface area contributed by atoms with Gasteiger partial charge in [0.2, 0.25) is 0 Å². The largest absolute Gasteiger partial charge is 0.322 e. The van der Waals surface area contributed by atoms with E-state index in [1.165, 1.54) is 0 Å². The van der Waals surface area contributed by atoms with Gasteiger partial charge in [-0.05, 0) is 50.1 Å². The van der Waals surface area contributed by atoms with Crippen LogP contribution in [-0.4, -0.2) is 37.6 Å². The Morgan fingerprint density at radius 2 is 1.85 bits per heavy atom. The number of nitrogens with one attached hydrogen (secondary N) is 2. The second kappa shape index (κ2) is 13.8. The zero-order valence-corrected chi connectivity index (χ0v) is 17.8. The summed E-state index contributed by atoms with van der Waals surface area (Å²) < 4.78 is 0. The molecular formula is C23H37N3O. The number of likely N-dealkylation sites (tertiary alicyclic amines) is 1. The third-order valence-electron chi connectivity index (χ3n) is 4.32. The number of carbonyl (C=O) groups excluding carboxylic acids is 1. The molecule has 0 radical (unpaired) electrons. The van der Waals surface area contributed by atoms with Crippen molar-refractivity contribution in [1.82, 2.24) is 15.5 Å². The van der Waals surface area contributed by atoms with Crippen molar-refractivity contribution in [2.24, 2.45) is 5.92 Å². The SMILES string of the molecule is C=C/C=C1/CN(C(=O)NC(=C)/C=C\C(=C)C(C)CCNC)C/C1=C/C.CC. The molecule has 1 saturated heterocycles. The summed E-state index contributed by atoms with van der Waals surface area (Å²) in [4.78, 5) is 14.2. The van der Waals surface area contributed by atoms with Crippen molar-refractivity contribution < 1.29 is 4.79 Å². The molecule has 1 rings (SSSR count). The fraction of sp³-hybridized carbons (Fsp3) is 0.435. The molecule has 0 aromatic carbocycles. The zero-order chi connectivity index (χ0) is 20.8. The van der Waals surface area contributed by atoms with Crippen LogP contribution in [0.1, 0.15) is 34.1 Å². The van der Waals surface area contributed by atoms with Crippen LogP contribution in [0, 0.1) is 5.92 Å². The fourth-order valence-corrected chi connectivity index (χ4v) is 2.57. The Morgan fingerprint density at radius 1 is 1.22 bits per heavy atom. The van der Waals surface area contributed by atoms with Gasteiger partial charge in [-0.25, -0.2) is 4.79 Å². The average Bonchev–Trinajstić information content (AvgIpc) is 3.09. The molecule has 1 aliphatic rings. The van der Waals surface area contributed by atoms with Gasteiger partial charge in [0.1, 0.15) is 0 Å². The lowest BCUT2D eigenvalue weighted by Crippen LogP contribution is -2.37. The van der Waals surface area contributed by atoms with Crippen molar-refractivity contribution >= 4 is 6.03 Å². The summed E-state index contributed by atoms with van der Waals surface area (Å²) >= 11 is 0. The maximum atomic E-state index is 12.4. The van der Waals surface area contributed by atoms with E-state index in [1.54, 1.807) is 11.0 Å². The first-order valence-corrected chi connectivity index (χ1v) is 9.66. The molecule has 4 nitrogen and oxygen atoms in total. The molecule has 2 amide bonds. The topological polar surface area (TPSA) is 44.4 Å². The Labute approximate surface area is 166 Å². The number of allylic oxidation sites excluding steroid dienone is 6. The predicted molar refractivity (Wildman–Crippen MR) is 119 cm³/mol. The standard InChI is InChI=1S/C21H31N3O.C2H6/c1-7-9-20-15-24(14-19(20)8-2)21(25)23-18(5)11-10-16(3)17(4)12-13-22-6;1-2/h7-11,17,22H,1,3,5,12-15H2,2,4,6H3,(H,23,25);1-2H3/b11-10-,19-8-,20-9-;. The van der Waals surface area contributed by atoms with E-state index in [0.717, 1.165) is 29.7 Å². The van der Waals surface area contributed by atoms with Crippen LogP contribution in [0.4, 0.5) is 4.79 Å². The molecule has 1 heterocycles. The number of rotatable bonds is 8. The number of amides is 2. The minimum atomic E-state index is -0.143. The number of urea groups is 1. The molecule has 1 unspecified atom stereocenters. The lowest BCUT2D eigenvalue weighted by atomic mass is 9.98. The van der Waals surface area contributed by atoms with Gasteiger partial charge in [0.15, 0.2) is 0 Å². The Morgan fingerprint density at radius 3 is 2.41 bits per heavy atom. The van der Waals surface area contributed by atoms with E-state index in [4.69, 9.17) is 0 Å². The van der Waals surface area contributed by atoms with Crippen LogP contribution in [0.25, 0.3) is 0 Å². The molecule has 4 heteroatoms. The average molecular weight is 372 g/mol. The van der Waals surface area contributed by atoms with Gasteiger partial charge < -0.3 is 15.5 Å². The maximum Gasteiger partial charge on any atom is 0.322 e. The molecule has 0 aromatic heterocycles. The highest BCUT2D eigenvalue weighted by Crippen LogP contribution is 2.22. The van der Waals surface area contributed by atoms with Gasteiger partial charge in [-0.2, -0.15) is 0 Å². The Hall–Kier alpha value is -2.33. The van der Waals surface area contributed by atoms with E-state index < -0.39 is 0 Å². The van der Waals surface area contributed by atoms with Gasteiger partial charge in [-0.15, -0.1) is 0 Å². The minimum Gasteiger partial charge on any atom is -0.320 e. The second-order valence-corrected chi connectivity index (χ2v) is 6.25. The predicted octanol–water partition coefficient (Wildman–Crippen LogP) is 4.97. The first-order chi connectivity index (χ1) is 12.9. The molecule has 0 aromatic rings. The van der Waals surface area contributed by atoms with Crippen molar-refractivity contribution in [2.75, 3.05) is 26.7 Å². The number of hydrogen-bond donors (Lipinski definition) is 2. The van der Waals surface area contributed by atoms with Crippen LogP contribution in [0.3, 0.4) is 0 Å². The summed E-state index contributed by atoms with van der Waals surface area (Å²) in [6.45, 7) is 22.0. The zero-order valence-electron chi connectivity index (χ0n) is 17.8. The molecule has 1 fully saturated rings. The van der Waals surface area contributed by atoms with E-state index >= 15 is 0 Å². The van der Waals surface area contributed by atoms with Crippen molar-refractivity contribution in [1.29, 1.82) is 0 Å². The molecule has 0 aliphatic carbocycles. The van der Waals surface area contributed by atoms with Crippen molar-refractivity contribution in [3.05, 3.63) is 72.5 Å². The normalized spacial score (nSPS) is 17.6. The van der Waals surface area contributed by atoms with Crippen LogP contribution in [-0.2, 0) is 0 Å². The van der Waals surface area contributed by atoms with E-state index in [-0.39, 0.29) is 6.03 Å². The van der Waals surface area contributed by atoms with Crippen molar-refractivity contribution in [2.45, 2.75) is 34.1 Å². The van der Waals surface area contributed by atoms with Crippen LogP contribution >= 0.6 is 0 Å². The van der Waals surface area contributed by atoms with Crippen molar-refractivity contribution in [3.8, 4) is 0 Å². The molecule has 0 spiro atoms. The molecule has 0 bridgehead atoms. The first kappa shape index (κ1) is 24.7. The van der Waals surface area contributed by atoms with E-state index in [9.17, 15) is 4.79 Å². The molecule has 1 aliphatic heterocycles. The lowest BCUT2D eigenvalue weighted by Gasteiger charge is -2.16. The van der Waals surface area contributed by atoms with Gasteiger partial charge >= 0.3 is 6.03 Å². The smallest absolute Gasteiger partial charge is 0.320 e. The third-order valence-corrected chi connectivity index (χ3v) is 4.32. The monoisotopic (exact) mass is 371 g/mol. The summed E-state index contributed by atoms with van der Waals surface area (Å²) in [6.07, 6.45) is 10.5. The Balaban J connectivity index is 0.00000326. The highest BCUT2D eigenvalue weighted by atomic mass is 16.2. The van der Waals surface area contributed by atoms with Gasteiger partial charge in [0.25, 0.3) is 0 Å². The molecular weight excluding hydrogens is 334 g/mol. The van der Waals surface area contributed by atoms with E-state index in [2.05, 4.69) is 37.3 Å².